The Morgan fingerprint density at radius 2 is 1.93 bits per heavy atom. The number of anilines is 1. The van der Waals surface area contributed by atoms with Gasteiger partial charge >= 0.3 is 12.3 Å². The van der Waals surface area contributed by atoms with Crippen LogP contribution in [0.15, 0.2) is 46.8 Å². The molecule has 0 saturated carbocycles. The zero-order valence-corrected chi connectivity index (χ0v) is 22.7. The molecule has 0 aliphatic carbocycles. The number of β-amino-alcohol motifs (C(OH)–C–C–N with tert-alkyl or cyclic N) is 1. The van der Waals surface area contributed by atoms with Gasteiger partial charge in [-0.1, -0.05) is 23.7 Å². The summed E-state index contributed by atoms with van der Waals surface area (Å²) in [6.45, 7) is 0.0278. The van der Waals surface area contributed by atoms with Crippen LogP contribution in [0.2, 0.25) is 4.34 Å². The fourth-order valence-corrected chi connectivity index (χ4v) is 7.31. The van der Waals surface area contributed by atoms with Crippen LogP contribution in [-0.2, 0) is 16.2 Å². The molecular formula is C23H17ClF5N5O5S2. The molecule has 0 bridgehead atoms. The van der Waals surface area contributed by atoms with Crippen LogP contribution in [0.25, 0.3) is 16.9 Å². The molecule has 1 aliphatic heterocycles. The molecule has 218 valence electrons. The van der Waals surface area contributed by atoms with E-state index in [0.29, 0.717) is 15.9 Å². The number of carbonyl (C=O) groups excluding carboxylic acids is 1. The van der Waals surface area contributed by atoms with Crippen molar-refractivity contribution in [2.75, 3.05) is 18.4 Å². The maximum atomic E-state index is 13.8. The summed E-state index contributed by atoms with van der Waals surface area (Å²) in [7, 11) is -3.98. The quantitative estimate of drug-likeness (QED) is 0.270. The normalized spacial score (nSPS) is 16.5. The fraction of sp³-hybridized carbons (Fsp3) is 0.261. The van der Waals surface area contributed by atoms with Gasteiger partial charge in [0.1, 0.15) is 14.2 Å². The molecule has 1 unspecified atom stereocenters. The van der Waals surface area contributed by atoms with Crippen molar-refractivity contribution in [3.05, 3.63) is 58.2 Å². The molecule has 1 amide bonds. The Kier molecular flexibility index (Phi) is 7.66. The smallest absolute Gasteiger partial charge is 0.404 e. The predicted octanol–water partition coefficient (Wildman–Crippen LogP) is 5.43. The Bertz CT molecular complexity index is 1730. The van der Waals surface area contributed by atoms with Crippen LogP contribution in [0.1, 0.15) is 24.1 Å². The monoisotopic (exact) mass is 637 g/mol. The van der Waals surface area contributed by atoms with Gasteiger partial charge in [0.15, 0.2) is 11.4 Å². The van der Waals surface area contributed by atoms with Gasteiger partial charge in [-0.3, -0.25) is 5.32 Å². The van der Waals surface area contributed by atoms with Gasteiger partial charge in [-0.25, -0.2) is 31.5 Å². The molecule has 1 aliphatic rings. The number of nitrogens with zero attached hydrogens (tertiary/aromatic N) is 4. The first-order valence-electron chi connectivity index (χ1n) is 11.5. The first kappa shape index (κ1) is 29.1. The molecule has 10 nitrogen and oxygen atoms in total. The first-order chi connectivity index (χ1) is 19.2. The van der Waals surface area contributed by atoms with E-state index in [9.17, 15) is 40.3 Å². The van der Waals surface area contributed by atoms with E-state index >= 15 is 0 Å². The van der Waals surface area contributed by atoms with Crippen molar-refractivity contribution in [3.63, 3.8) is 0 Å². The topological polar surface area (TPSA) is 126 Å². The van der Waals surface area contributed by atoms with Gasteiger partial charge in [0.25, 0.3) is 16.4 Å². The van der Waals surface area contributed by atoms with Gasteiger partial charge in [0.2, 0.25) is 0 Å². The second-order valence-corrected chi connectivity index (χ2v) is 12.6. The van der Waals surface area contributed by atoms with Crippen LogP contribution in [-0.4, -0.2) is 57.7 Å². The van der Waals surface area contributed by atoms with Crippen molar-refractivity contribution in [2.45, 2.75) is 29.3 Å². The highest BCUT2D eigenvalue weighted by Crippen LogP contribution is 2.38. The van der Waals surface area contributed by atoms with E-state index in [4.69, 9.17) is 16.3 Å². The summed E-state index contributed by atoms with van der Waals surface area (Å²) < 4.78 is 98.8. The van der Waals surface area contributed by atoms with E-state index in [1.165, 1.54) is 0 Å². The van der Waals surface area contributed by atoms with Crippen molar-refractivity contribution in [1.29, 1.82) is 0 Å². The average molecular weight is 638 g/mol. The number of hydrogen-bond acceptors (Lipinski definition) is 8. The van der Waals surface area contributed by atoms with Gasteiger partial charge in [-0.15, -0.1) is 11.3 Å². The Hall–Kier alpha value is -3.38. The number of hydrogen-bond donors (Lipinski definition) is 2. The van der Waals surface area contributed by atoms with Crippen LogP contribution >= 0.6 is 22.9 Å². The lowest BCUT2D eigenvalue weighted by molar-refractivity contribution is -0.137. The second kappa shape index (κ2) is 10.8. The van der Waals surface area contributed by atoms with Gasteiger partial charge in [0, 0.05) is 18.7 Å². The number of benzene rings is 1. The molecule has 1 aromatic carbocycles. The highest BCUT2D eigenvalue weighted by atomic mass is 35.5. The number of aliphatic hydroxyl groups is 1. The fourth-order valence-electron chi connectivity index (χ4n) is 4.02. The third-order valence-corrected chi connectivity index (χ3v) is 9.70. The van der Waals surface area contributed by atoms with Crippen LogP contribution < -0.4 is 10.1 Å². The Morgan fingerprint density at radius 1 is 1.22 bits per heavy atom. The Balaban J connectivity index is 1.40. The summed E-state index contributed by atoms with van der Waals surface area (Å²) in [4.78, 5) is 16.8. The average Bonchev–Trinajstić information content (AvgIpc) is 3.62. The molecule has 18 heteroatoms. The maximum Gasteiger partial charge on any atom is 0.417 e. The van der Waals surface area contributed by atoms with E-state index in [2.05, 4.69) is 15.4 Å². The van der Waals surface area contributed by atoms with Crippen LogP contribution in [0.4, 0.5) is 32.4 Å². The van der Waals surface area contributed by atoms with Gasteiger partial charge in [-0.05, 0) is 30.7 Å². The summed E-state index contributed by atoms with van der Waals surface area (Å²) in [5, 5.41) is 15.7. The summed E-state index contributed by atoms with van der Waals surface area (Å²) in [5.74, 6) is -0.372. The number of amides is 1. The van der Waals surface area contributed by atoms with E-state index < -0.39 is 46.1 Å². The summed E-state index contributed by atoms with van der Waals surface area (Å²) in [6, 6.07) is 5.73. The molecule has 1 fully saturated rings. The van der Waals surface area contributed by atoms with Crippen molar-refractivity contribution in [1.82, 2.24) is 18.9 Å². The number of halogens is 6. The lowest BCUT2D eigenvalue weighted by atomic mass is 10.1. The molecule has 1 atom stereocenters. The van der Waals surface area contributed by atoms with E-state index in [1.54, 1.807) is 0 Å². The minimum atomic E-state index is -4.60. The van der Waals surface area contributed by atoms with Crippen molar-refractivity contribution in [3.8, 4) is 17.0 Å². The van der Waals surface area contributed by atoms with Gasteiger partial charge < -0.3 is 9.84 Å². The number of alkyl halides is 5. The minimum Gasteiger partial charge on any atom is -0.404 e. The summed E-state index contributed by atoms with van der Waals surface area (Å²) >= 11 is 6.79. The number of aliphatic hydroxyl groups excluding tert-OH is 1. The number of carbonyl (C=O) groups is 1. The number of aromatic nitrogens is 3. The molecule has 3 aromatic heterocycles. The zero-order valence-electron chi connectivity index (χ0n) is 20.3. The largest absolute Gasteiger partial charge is 0.417 e. The maximum absolute atomic E-state index is 13.8. The van der Waals surface area contributed by atoms with Gasteiger partial charge in [0.05, 0.1) is 29.2 Å². The summed E-state index contributed by atoms with van der Waals surface area (Å²) in [5.41, 5.74) is -2.09. The highest BCUT2D eigenvalue weighted by molar-refractivity contribution is 7.91. The lowest BCUT2D eigenvalue weighted by Gasteiger charge is -2.13. The molecule has 0 radical (unpaired) electrons. The number of nitrogens with one attached hydrogen (secondary N) is 1. The van der Waals surface area contributed by atoms with Gasteiger partial charge in [-0.2, -0.15) is 22.6 Å². The SMILES string of the molecule is O=C(Nc1cc(S(=O)(=O)N2CCC(O)C2)sc1Cl)Oc1cnn2c(C(F)F)cc(-c3ccc(C(F)(F)F)cc3)nc12. The standard InChI is InChI=1S/C23H17ClF5N5O5S2/c24-19-15(8-18(40-19)41(37,38)33-6-5-13(35)10-33)32-22(36)39-17-9-30-34-16(20(25)26)7-14(31-21(17)34)11-1-3-12(4-2-11)23(27,28)29/h1-4,7-9,13,20,35H,5-6,10H2,(H,32,36). The second-order valence-electron chi connectivity index (χ2n) is 8.76. The number of sulfonamides is 1. The predicted molar refractivity (Wildman–Crippen MR) is 137 cm³/mol. The number of ether oxygens (including phenoxy) is 1. The zero-order chi connectivity index (χ0) is 29.7. The molecular weight excluding hydrogens is 621 g/mol. The van der Waals surface area contributed by atoms with Crippen molar-refractivity contribution >= 4 is 50.4 Å². The Morgan fingerprint density at radius 3 is 2.54 bits per heavy atom. The number of thiophene rings is 1. The number of fused-ring (bicyclic) bond motifs is 1. The molecule has 2 N–H and O–H groups in total. The molecule has 41 heavy (non-hydrogen) atoms. The van der Waals surface area contributed by atoms with E-state index in [1.807, 2.05) is 0 Å². The molecule has 4 aromatic rings. The third kappa shape index (κ3) is 5.85. The Labute approximate surface area is 237 Å². The minimum absolute atomic E-state index is 0.0839. The molecule has 1 saturated heterocycles. The van der Waals surface area contributed by atoms with Crippen LogP contribution in [0.5, 0.6) is 5.75 Å². The first-order valence-corrected chi connectivity index (χ1v) is 14.2. The van der Waals surface area contributed by atoms with Crippen LogP contribution in [0.3, 0.4) is 0 Å². The third-order valence-electron chi connectivity index (χ3n) is 6.02. The van der Waals surface area contributed by atoms with E-state index in [0.717, 1.165) is 46.9 Å². The molecule has 4 heterocycles. The van der Waals surface area contributed by atoms with Crippen molar-refractivity contribution in [2.24, 2.45) is 0 Å². The molecule has 0 spiro atoms. The lowest BCUT2D eigenvalue weighted by Crippen LogP contribution is -2.29. The van der Waals surface area contributed by atoms with Crippen molar-refractivity contribution < 1.29 is 45.0 Å². The summed E-state index contributed by atoms with van der Waals surface area (Å²) in [6.07, 6.45) is -8.43. The highest BCUT2D eigenvalue weighted by Gasteiger charge is 2.34. The van der Waals surface area contributed by atoms with E-state index in [-0.39, 0.29) is 56.4 Å². The van der Waals surface area contributed by atoms with Crippen LogP contribution in [0, 0.1) is 0 Å². The molecule has 5 rings (SSSR count). The number of rotatable bonds is 6.